The van der Waals surface area contributed by atoms with Crippen LogP contribution in [0.25, 0.3) is 0 Å². The molecule has 1 atom stereocenters. The van der Waals surface area contributed by atoms with E-state index < -0.39 is 11.9 Å². The normalized spacial score (nSPS) is 12.1. The van der Waals surface area contributed by atoms with Crippen LogP contribution in [0, 0.1) is 5.92 Å². The number of carbonyl (C=O) groups excluding carboxylic acids is 1. The van der Waals surface area contributed by atoms with Gasteiger partial charge in [-0.25, -0.2) is 0 Å². The van der Waals surface area contributed by atoms with Crippen LogP contribution < -0.4 is 15.6 Å². The fourth-order valence-electron chi connectivity index (χ4n) is 1.39. The highest BCUT2D eigenvalue weighted by atomic mass is 16.5. The van der Waals surface area contributed by atoms with Crippen molar-refractivity contribution in [3.8, 4) is 5.75 Å². The summed E-state index contributed by atoms with van der Waals surface area (Å²) in [7, 11) is 1.58. The van der Waals surface area contributed by atoms with Crippen molar-refractivity contribution in [1.82, 2.24) is 0 Å². The van der Waals surface area contributed by atoms with E-state index in [0.29, 0.717) is 13.0 Å². The number of methoxy groups -OCH3 is 1. The topological polar surface area (TPSA) is 77.0 Å². The summed E-state index contributed by atoms with van der Waals surface area (Å²) in [6, 6.07) is 7.35. The number of carboxylic acids is 1. The minimum absolute atomic E-state index is 0.333. The first-order valence-corrected chi connectivity index (χ1v) is 4.80. The number of carboxylic acid groups (broad SMARTS) is 1. The van der Waals surface area contributed by atoms with Crippen LogP contribution in [-0.2, 0) is 11.2 Å². The van der Waals surface area contributed by atoms with Crippen molar-refractivity contribution in [3.63, 3.8) is 0 Å². The molecule has 0 heterocycles. The molecule has 0 bridgehead atoms. The van der Waals surface area contributed by atoms with Gasteiger partial charge in [-0.15, -0.1) is 0 Å². The summed E-state index contributed by atoms with van der Waals surface area (Å²) in [6.07, 6.45) is 0.434. The highest BCUT2D eigenvalue weighted by Gasteiger charge is 2.11. The van der Waals surface area contributed by atoms with Crippen molar-refractivity contribution in [2.75, 3.05) is 13.7 Å². The Labute approximate surface area is 88.7 Å². The van der Waals surface area contributed by atoms with Gasteiger partial charge in [-0.1, -0.05) is 12.1 Å². The number of hydrogen-bond acceptors (Lipinski definition) is 3. The Morgan fingerprint density at radius 2 is 2.33 bits per heavy atom. The average Bonchev–Trinajstić information content (AvgIpc) is 2.25. The molecular formula is C11H15NO3. The van der Waals surface area contributed by atoms with Crippen LogP contribution in [0.1, 0.15) is 5.56 Å². The van der Waals surface area contributed by atoms with Crippen molar-refractivity contribution in [2.45, 2.75) is 6.42 Å². The molecule has 4 heteroatoms. The van der Waals surface area contributed by atoms with Crippen LogP contribution in [0.2, 0.25) is 0 Å². The lowest BCUT2D eigenvalue weighted by Gasteiger charge is -2.14. The van der Waals surface area contributed by atoms with E-state index in [1.54, 1.807) is 7.11 Å². The van der Waals surface area contributed by atoms with Gasteiger partial charge < -0.3 is 20.4 Å². The molecule has 0 aromatic heterocycles. The lowest BCUT2D eigenvalue weighted by molar-refractivity contribution is -0.387. The van der Waals surface area contributed by atoms with E-state index >= 15 is 0 Å². The van der Waals surface area contributed by atoms with Crippen LogP contribution >= 0.6 is 0 Å². The third kappa shape index (κ3) is 3.25. The van der Waals surface area contributed by atoms with Gasteiger partial charge in [-0.05, 0) is 24.1 Å². The van der Waals surface area contributed by atoms with Crippen LogP contribution in [0.15, 0.2) is 24.3 Å². The Kier molecular flexibility index (Phi) is 4.12. The maximum Gasteiger partial charge on any atom is 0.119 e. The van der Waals surface area contributed by atoms with E-state index in [2.05, 4.69) is 5.73 Å². The number of quaternary nitrogens is 1. The predicted molar refractivity (Wildman–Crippen MR) is 53.0 cm³/mol. The smallest absolute Gasteiger partial charge is 0.119 e. The Morgan fingerprint density at radius 3 is 2.87 bits per heavy atom. The molecule has 1 aromatic carbocycles. The van der Waals surface area contributed by atoms with Gasteiger partial charge in [-0.3, -0.25) is 0 Å². The number of ether oxygens (including phenoxy) is 1. The minimum atomic E-state index is -1.05. The van der Waals surface area contributed by atoms with E-state index in [0.717, 1.165) is 11.3 Å². The lowest BCUT2D eigenvalue weighted by Crippen LogP contribution is -2.57. The highest BCUT2D eigenvalue weighted by molar-refractivity contribution is 5.68. The van der Waals surface area contributed by atoms with Gasteiger partial charge >= 0.3 is 0 Å². The number of hydrogen-bond donors (Lipinski definition) is 1. The predicted octanol–water partition coefficient (Wildman–Crippen LogP) is -1.15. The third-order valence-corrected chi connectivity index (χ3v) is 2.30. The monoisotopic (exact) mass is 209 g/mol. The van der Waals surface area contributed by atoms with E-state index in [1.807, 2.05) is 24.3 Å². The number of aliphatic carboxylic acids is 1. The van der Waals surface area contributed by atoms with E-state index in [9.17, 15) is 9.90 Å². The molecule has 0 aliphatic rings. The zero-order valence-electron chi connectivity index (χ0n) is 8.73. The standard InChI is InChI=1S/C11H15NO3/c1-15-10-4-2-3-8(6-10)5-9(7-12)11(13)14/h2-4,6,9H,5,7,12H2,1H3,(H,13,14)/t9-/m1/s1. The van der Waals surface area contributed by atoms with Gasteiger partial charge in [0.2, 0.25) is 0 Å². The Balaban J connectivity index is 2.74. The second-order valence-corrected chi connectivity index (χ2v) is 3.36. The highest BCUT2D eigenvalue weighted by Crippen LogP contribution is 2.15. The molecule has 0 spiro atoms. The van der Waals surface area contributed by atoms with Crippen LogP contribution in [-0.4, -0.2) is 19.6 Å². The van der Waals surface area contributed by atoms with Crippen molar-refractivity contribution in [3.05, 3.63) is 29.8 Å². The maximum atomic E-state index is 10.7. The number of rotatable bonds is 5. The Bertz CT molecular complexity index is 338. The minimum Gasteiger partial charge on any atom is -0.550 e. The quantitative estimate of drug-likeness (QED) is 0.665. The van der Waals surface area contributed by atoms with Crippen molar-refractivity contribution >= 4 is 5.97 Å². The molecule has 0 aliphatic heterocycles. The molecule has 0 saturated heterocycles. The van der Waals surface area contributed by atoms with E-state index in [4.69, 9.17) is 4.74 Å². The second kappa shape index (κ2) is 5.36. The first kappa shape index (κ1) is 11.5. The summed E-state index contributed by atoms with van der Waals surface area (Å²) in [5.41, 5.74) is 4.52. The molecule has 4 nitrogen and oxygen atoms in total. The summed E-state index contributed by atoms with van der Waals surface area (Å²) >= 11 is 0. The molecule has 15 heavy (non-hydrogen) atoms. The number of carbonyl (C=O) groups is 1. The summed E-state index contributed by atoms with van der Waals surface area (Å²) < 4.78 is 5.05. The summed E-state index contributed by atoms with van der Waals surface area (Å²) in [5.74, 6) is -0.849. The van der Waals surface area contributed by atoms with Crippen molar-refractivity contribution in [2.24, 2.45) is 5.92 Å². The third-order valence-electron chi connectivity index (χ3n) is 2.30. The molecule has 0 saturated carbocycles. The SMILES string of the molecule is COc1cccc(C[C@H](C[NH3+])C(=O)[O-])c1. The van der Waals surface area contributed by atoms with Crippen molar-refractivity contribution < 1.29 is 20.4 Å². The lowest BCUT2D eigenvalue weighted by atomic mass is 9.99. The molecular weight excluding hydrogens is 194 g/mol. The van der Waals surface area contributed by atoms with Crippen LogP contribution in [0.4, 0.5) is 0 Å². The summed E-state index contributed by atoms with van der Waals surface area (Å²) in [6.45, 7) is 0.333. The molecule has 82 valence electrons. The van der Waals surface area contributed by atoms with Crippen molar-refractivity contribution in [1.29, 1.82) is 0 Å². The zero-order chi connectivity index (χ0) is 11.3. The van der Waals surface area contributed by atoms with E-state index in [-0.39, 0.29) is 0 Å². The van der Waals surface area contributed by atoms with E-state index in [1.165, 1.54) is 0 Å². The van der Waals surface area contributed by atoms with Gasteiger partial charge in [0.1, 0.15) is 5.75 Å². The Hall–Kier alpha value is -1.55. The van der Waals surface area contributed by atoms with Gasteiger partial charge in [0, 0.05) is 0 Å². The largest absolute Gasteiger partial charge is 0.550 e. The second-order valence-electron chi connectivity index (χ2n) is 3.36. The molecule has 0 radical (unpaired) electrons. The van der Waals surface area contributed by atoms with Crippen LogP contribution in [0.3, 0.4) is 0 Å². The molecule has 3 N–H and O–H groups in total. The first-order chi connectivity index (χ1) is 7.17. The first-order valence-electron chi connectivity index (χ1n) is 4.80. The molecule has 0 unspecified atom stereocenters. The van der Waals surface area contributed by atoms with Gasteiger partial charge in [-0.2, -0.15) is 0 Å². The molecule has 1 aromatic rings. The molecule has 0 fully saturated rings. The zero-order valence-corrected chi connectivity index (χ0v) is 8.73. The molecule has 0 aliphatic carbocycles. The Morgan fingerprint density at radius 1 is 1.60 bits per heavy atom. The molecule has 0 amide bonds. The summed E-state index contributed by atoms with van der Waals surface area (Å²) in [5, 5.41) is 10.7. The van der Waals surface area contributed by atoms with Gasteiger partial charge in [0.25, 0.3) is 0 Å². The fraction of sp³-hybridized carbons (Fsp3) is 0.364. The average molecular weight is 209 g/mol. The van der Waals surface area contributed by atoms with Gasteiger partial charge in [0.15, 0.2) is 0 Å². The molecule has 1 rings (SSSR count). The maximum absolute atomic E-state index is 10.7. The van der Waals surface area contributed by atoms with Gasteiger partial charge in [0.05, 0.1) is 25.5 Å². The summed E-state index contributed by atoms with van der Waals surface area (Å²) in [4.78, 5) is 10.7. The number of benzene rings is 1. The van der Waals surface area contributed by atoms with Crippen LogP contribution in [0.5, 0.6) is 5.75 Å². The fourth-order valence-corrected chi connectivity index (χ4v) is 1.39.